The minimum atomic E-state index is -1.66. The number of hydrogen-bond acceptors (Lipinski definition) is 16. The van der Waals surface area contributed by atoms with Gasteiger partial charge in [0.1, 0.15) is 48.8 Å². The lowest BCUT2D eigenvalue weighted by Gasteiger charge is -2.27. The van der Waals surface area contributed by atoms with Gasteiger partial charge in [0.05, 0.1) is 26.9 Å². The minimum absolute atomic E-state index is 0.105. The summed E-state index contributed by atoms with van der Waals surface area (Å²) in [5.74, 6) is -0.857. The second-order valence-corrected chi connectivity index (χ2v) is 9.58. The van der Waals surface area contributed by atoms with Crippen molar-refractivity contribution in [3.8, 4) is 11.5 Å². The first-order valence-electron chi connectivity index (χ1n) is 12.7. The van der Waals surface area contributed by atoms with Crippen LogP contribution in [-0.4, -0.2) is 148 Å². The van der Waals surface area contributed by atoms with Crippen LogP contribution in [-0.2, 0) is 33.2 Å². The summed E-state index contributed by atoms with van der Waals surface area (Å²) in [5, 5.41) is 78.9. The highest BCUT2D eigenvalue weighted by atomic mass is 16.8. The summed E-state index contributed by atoms with van der Waals surface area (Å²) < 4.78 is 38.0. The second-order valence-electron chi connectivity index (χ2n) is 9.58. The van der Waals surface area contributed by atoms with Crippen molar-refractivity contribution in [3.63, 3.8) is 0 Å². The van der Waals surface area contributed by atoms with E-state index < -0.39 is 99.6 Å². The van der Waals surface area contributed by atoms with Gasteiger partial charge in [-0.15, -0.1) is 0 Å². The van der Waals surface area contributed by atoms with Gasteiger partial charge in [-0.3, -0.25) is 0 Å². The Hall–Kier alpha value is -2.45. The Balaban J connectivity index is 1.51. The van der Waals surface area contributed by atoms with Crippen molar-refractivity contribution >= 4 is 12.0 Å². The van der Waals surface area contributed by atoms with E-state index in [1.165, 1.54) is 31.4 Å². The molecule has 16 nitrogen and oxygen atoms in total. The third-order valence-corrected chi connectivity index (χ3v) is 6.87. The zero-order valence-electron chi connectivity index (χ0n) is 21.8. The van der Waals surface area contributed by atoms with Gasteiger partial charge in [0.2, 0.25) is 0 Å². The van der Waals surface area contributed by atoms with Crippen LogP contribution >= 0.6 is 0 Å². The fourth-order valence-electron chi connectivity index (χ4n) is 4.59. The van der Waals surface area contributed by atoms with Gasteiger partial charge in [0.25, 0.3) is 0 Å². The second kappa shape index (κ2) is 13.7. The molecule has 3 saturated heterocycles. The van der Waals surface area contributed by atoms with E-state index in [0.717, 1.165) is 6.08 Å². The van der Waals surface area contributed by atoms with Crippen molar-refractivity contribution in [1.29, 1.82) is 0 Å². The molecule has 230 valence electrons. The maximum Gasteiger partial charge on any atom is 0.331 e. The standard InChI is InChI=1S/C25H34O16/c1-35-12-6-10(2-4-11(12)28)3-5-16(29)40-22-21(41-24-20(33)17(30)13(7-26)38-24)14(8-27)39-25(22)36-9-15-18(31)19(32)23(34)37-15/h2-6,13-15,17-28,30-34H,7-9H2,1H3/t13-,14-,15-,17-,18-,19+,20+,21-,22+,23+,24-,25+/m0/s1. The number of methoxy groups -OCH3 is 1. The van der Waals surface area contributed by atoms with Gasteiger partial charge >= 0.3 is 5.97 Å². The summed E-state index contributed by atoms with van der Waals surface area (Å²) in [5.41, 5.74) is 0.476. The average molecular weight is 591 g/mol. The summed E-state index contributed by atoms with van der Waals surface area (Å²) >= 11 is 0. The molecule has 8 N–H and O–H groups in total. The average Bonchev–Trinajstić information content (AvgIpc) is 3.53. The van der Waals surface area contributed by atoms with E-state index in [2.05, 4.69) is 0 Å². The van der Waals surface area contributed by atoms with Gasteiger partial charge in [-0.25, -0.2) is 4.79 Å². The fraction of sp³-hybridized carbons (Fsp3) is 0.640. The number of aromatic hydroxyl groups is 1. The summed E-state index contributed by atoms with van der Waals surface area (Å²) in [4.78, 5) is 12.8. The van der Waals surface area contributed by atoms with Gasteiger partial charge in [0, 0.05) is 6.08 Å². The Morgan fingerprint density at radius 1 is 0.878 bits per heavy atom. The van der Waals surface area contributed by atoms with E-state index in [1.807, 2.05) is 0 Å². The Morgan fingerprint density at radius 3 is 2.17 bits per heavy atom. The van der Waals surface area contributed by atoms with Crippen LogP contribution in [0.15, 0.2) is 24.3 Å². The molecule has 0 aromatic heterocycles. The Kier molecular flexibility index (Phi) is 10.5. The van der Waals surface area contributed by atoms with Gasteiger partial charge in [0.15, 0.2) is 36.5 Å². The maximum atomic E-state index is 12.8. The molecule has 0 aliphatic carbocycles. The maximum absolute atomic E-state index is 12.8. The zero-order valence-corrected chi connectivity index (χ0v) is 21.8. The van der Waals surface area contributed by atoms with Crippen molar-refractivity contribution in [2.45, 2.75) is 73.8 Å². The monoisotopic (exact) mass is 590 g/mol. The van der Waals surface area contributed by atoms with Crippen molar-refractivity contribution in [2.24, 2.45) is 0 Å². The van der Waals surface area contributed by atoms with Gasteiger partial charge in [-0.2, -0.15) is 0 Å². The topological polar surface area (TPSA) is 244 Å². The van der Waals surface area contributed by atoms with E-state index in [0.29, 0.717) is 5.56 Å². The molecule has 0 bridgehead atoms. The van der Waals surface area contributed by atoms with E-state index in [4.69, 9.17) is 33.2 Å². The number of esters is 1. The number of aliphatic hydroxyl groups excluding tert-OH is 7. The van der Waals surface area contributed by atoms with Crippen LogP contribution in [0, 0.1) is 0 Å². The third-order valence-electron chi connectivity index (χ3n) is 6.87. The van der Waals surface area contributed by atoms with Gasteiger partial charge in [-0.1, -0.05) is 6.07 Å². The molecule has 0 amide bonds. The summed E-state index contributed by atoms with van der Waals surface area (Å²) in [6, 6.07) is 4.34. The molecule has 16 heteroatoms. The third kappa shape index (κ3) is 6.96. The summed E-state index contributed by atoms with van der Waals surface area (Å²) in [6.07, 6.45) is -14.7. The van der Waals surface area contributed by atoms with Crippen LogP contribution in [0.5, 0.6) is 11.5 Å². The lowest BCUT2D eigenvalue weighted by molar-refractivity contribution is -0.222. The van der Waals surface area contributed by atoms with Gasteiger partial charge < -0.3 is 74.0 Å². The predicted octanol–water partition coefficient (Wildman–Crippen LogP) is -3.68. The van der Waals surface area contributed by atoms with E-state index in [1.54, 1.807) is 0 Å². The van der Waals surface area contributed by atoms with Crippen molar-refractivity contribution in [2.75, 3.05) is 26.9 Å². The molecule has 0 saturated carbocycles. The van der Waals surface area contributed by atoms with E-state index >= 15 is 0 Å². The SMILES string of the molecule is COc1cc(C=CC(=O)O[C@H]2[C@H](OC[C@@H]3O[C@@H](O)[C@H](O)[C@H]3O)O[C@@H](CO)[C@@H]2O[C@@H]2O[C@@H](CO)[C@H](O)[C@H]2O)ccc1O. The van der Waals surface area contributed by atoms with Crippen LogP contribution in [0.25, 0.3) is 6.08 Å². The highest BCUT2D eigenvalue weighted by Gasteiger charge is 2.53. The van der Waals surface area contributed by atoms with Crippen LogP contribution in [0.1, 0.15) is 5.56 Å². The molecule has 4 rings (SSSR count). The van der Waals surface area contributed by atoms with E-state index in [-0.39, 0.29) is 11.5 Å². The molecule has 1 aromatic carbocycles. The quantitative estimate of drug-likeness (QED) is 0.0914. The Labute approximate surface area is 233 Å². The molecular formula is C25H34O16. The number of aliphatic hydroxyl groups is 7. The number of rotatable bonds is 11. The molecule has 3 aliphatic rings. The highest BCUT2D eigenvalue weighted by Crippen LogP contribution is 2.33. The van der Waals surface area contributed by atoms with Crippen LogP contribution in [0.4, 0.5) is 0 Å². The van der Waals surface area contributed by atoms with Crippen molar-refractivity contribution in [1.82, 2.24) is 0 Å². The molecule has 3 heterocycles. The van der Waals surface area contributed by atoms with Gasteiger partial charge in [-0.05, 0) is 23.8 Å². The lowest BCUT2D eigenvalue weighted by Crippen LogP contribution is -2.45. The molecule has 3 fully saturated rings. The van der Waals surface area contributed by atoms with Crippen LogP contribution < -0.4 is 4.74 Å². The van der Waals surface area contributed by atoms with Crippen molar-refractivity contribution < 1.29 is 78.8 Å². The molecule has 0 radical (unpaired) electrons. The number of benzene rings is 1. The first-order chi connectivity index (χ1) is 19.6. The first kappa shape index (κ1) is 31.5. The van der Waals surface area contributed by atoms with Crippen LogP contribution in [0.3, 0.4) is 0 Å². The number of phenolic OH excluding ortho intramolecular Hbond substituents is 1. The predicted molar refractivity (Wildman–Crippen MR) is 131 cm³/mol. The lowest BCUT2D eigenvalue weighted by atomic mass is 10.1. The summed E-state index contributed by atoms with van der Waals surface area (Å²) in [6.45, 7) is -1.74. The number of hydrogen-bond donors (Lipinski definition) is 8. The molecule has 41 heavy (non-hydrogen) atoms. The first-order valence-corrected chi connectivity index (χ1v) is 12.7. The minimum Gasteiger partial charge on any atom is -0.504 e. The zero-order chi connectivity index (χ0) is 29.8. The Bertz CT molecular complexity index is 1050. The largest absolute Gasteiger partial charge is 0.504 e. The smallest absolute Gasteiger partial charge is 0.331 e. The number of carbonyl (C=O) groups is 1. The number of carbonyl (C=O) groups excluding carboxylic acids is 1. The number of ether oxygens (including phenoxy) is 7. The highest BCUT2D eigenvalue weighted by molar-refractivity contribution is 5.87. The molecule has 0 spiro atoms. The summed E-state index contributed by atoms with van der Waals surface area (Å²) in [7, 11) is 1.36. The molecule has 3 aliphatic heterocycles. The molecule has 1 aromatic rings. The fourth-order valence-corrected chi connectivity index (χ4v) is 4.59. The normalized spacial score (nSPS) is 39.0. The molecule has 12 atom stereocenters. The van der Waals surface area contributed by atoms with E-state index in [9.17, 15) is 45.6 Å². The Morgan fingerprint density at radius 2 is 1.56 bits per heavy atom. The number of phenols is 1. The molecule has 0 unspecified atom stereocenters. The van der Waals surface area contributed by atoms with Crippen LogP contribution in [0.2, 0.25) is 0 Å². The molecular weight excluding hydrogens is 556 g/mol. The van der Waals surface area contributed by atoms with Crippen molar-refractivity contribution in [3.05, 3.63) is 29.8 Å².